The van der Waals surface area contributed by atoms with Gasteiger partial charge in [-0.25, -0.2) is 0 Å². The predicted molar refractivity (Wildman–Crippen MR) is 62.5 cm³/mol. The monoisotopic (exact) mass is 214 g/mol. The zero-order valence-electron chi connectivity index (χ0n) is 9.08. The van der Waals surface area contributed by atoms with E-state index in [4.69, 9.17) is 5.21 Å². The molecule has 1 N–H and O–H groups in total. The molecule has 1 aliphatic rings. The fraction of sp³-hybridized carbons (Fsp3) is 0.800. The summed E-state index contributed by atoms with van der Waals surface area (Å²) in [4.78, 5) is 4.56. The fourth-order valence-corrected chi connectivity index (χ4v) is 2.78. The van der Waals surface area contributed by atoms with E-state index in [1.807, 2.05) is 6.92 Å². The predicted octanol–water partition coefficient (Wildman–Crippen LogP) is 3.28. The van der Waals surface area contributed by atoms with Crippen molar-refractivity contribution in [3.05, 3.63) is 0 Å². The van der Waals surface area contributed by atoms with Crippen LogP contribution in [0.15, 0.2) is 10.1 Å². The van der Waals surface area contributed by atoms with Gasteiger partial charge in [0.1, 0.15) is 4.87 Å². The van der Waals surface area contributed by atoms with Crippen LogP contribution in [-0.2, 0) is 0 Å². The molecular formula is C10H18N2OS. The summed E-state index contributed by atoms with van der Waals surface area (Å²) in [5.41, 5.74) is 0.871. The summed E-state index contributed by atoms with van der Waals surface area (Å²) >= 11 is 1.60. The number of aliphatic imine (C=N–C) groups is 1. The van der Waals surface area contributed by atoms with Gasteiger partial charge in [-0.1, -0.05) is 43.6 Å². The topological polar surface area (TPSA) is 45.0 Å². The van der Waals surface area contributed by atoms with Crippen LogP contribution in [0.4, 0.5) is 0 Å². The van der Waals surface area contributed by atoms with Crippen molar-refractivity contribution >= 4 is 22.5 Å². The van der Waals surface area contributed by atoms with Crippen LogP contribution in [0.3, 0.4) is 0 Å². The Morgan fingerprint density at radius 1 is 1.50 bits per heavy atom. The molecular weight excluding hydrogens is 196 g/mol. The van der Waals surface area contributed by atoms with Gasteiger partial charge >= 0.3 is 0 Å². The second-order valence-electron chi connectivity index (χ2n) is 3.61. The van der Waals surface area contributed by atoms with Gasteiger partial charge in [0.15, 0.2) is 5.04 Å². The second-order valence-corrected chi connectivity index (χ2v) is 4.96. The van der Waals surface area contributed by atoms with E-state index >= 15 is 0 Å². The Morgan fingerprint density at radius 3 is 2.64 bits per heavy atom. The van der Waals surface area contributed by atoms with Crippen molar-refractivity contribution in [3.8, 4) is 0 Å². The Balaban J connectivity index is 2.75. The van der Waals surface area contributed by atoms with Crippen LogP contribution in [0.5, 0.6) is 0 Å². The highest BCUT2D eigenvalue weighted by molar-refractivity contribution is 8.17. The first-order chi connectivity index (χ1) is 6.67. The summed E-state index contributed by atoms with van der Waals surface area (Å²) < 4.78 is 0. The third-order valence-electron chi connectivity index (χ3n) is 2.53. The van der Waals surface area contributed by atoms with Crippen LogP contribution in [-0.4, -0.2) is 20.8 Å². The molecule has 0 bridgehead atoms. The lowest BCUT2D eigenvalue weighted by Gasteiger charge is -2.22. The maximum atomic E-state index is 8.78. The Hall–Kier alpha value is -0.510. The third-order valence-corrected chi connectivity index (χ3v) is 4.07. The maximum Gasteiger partial charge on any atom is 0.158 e. The van der Waals surface area contributed by atoms with E-state index < -0.39 is 0 Å². The van der Waals surface area contributed by atoms with E-state index in [0.29, 0.717) is 5.04 Å². The molecule has 1 heterocycles. The minimum absolute atomic E-state index is 0.0539. The van der Waals surface area contributed by atoms with Crippen LogP contribution >= 0.6 is 11.8 Å². The number of oxime groups is 1. The molecule has 80 valence electrons. The van der Waals surface area contributed by atoms with Crippen LogP contribution in [0.1, 0.15) is 46.5 Å². The Morgan fingerprint density at radius 2 is 2.21 bits per heavy atom. The highest BCUT2D eigenvalue weighted by Crippen LogP contribution is 2.41. The van der Waals surface area contributed by atoms with Crippen molar-refractivity contribution in [1.82, 2.24) is 0 Å². The molecule has 0 saturated heterocycles. The van der Waals surface area contributed by atoms with Crippen molar-refractivity contribution in [1.29, 1.82) is 0 Å². The summed E-state index contributed by atoms with van der Waals surface area (Å²) in [5, 5.41) is 12.7. The summed E-state index contributed by atoms with van der Waals surface area (Å²) in [6.45, 7) is 6.23. The standard InChI is InChI=1S/C10H18N2OS/c1-4-6-7-10(5-2)11-8(3)9(12-13)14-10/h13H,4-7H2,1-3H3/b12-9-. The van der Waals surface area contributed by atoms with Gasteiger partial charge in [0.05, 0.1) is 5.71 Å². The number of thioether (sulfide) groups is 1. The fourth-order valence-electron chi connectivity index (χ4n) is 1.61. The molecule has 3 nitrogen and oxygen atoms in total. The molecule has 1 aliphatic heterocycles. The lowest BCUT2D eigenvalue weighted by molar-refractivity contribution is 0.321. The van der Waals surface area contributed by atoms with Gasteiger partial charge in [-0.15, -0.1) is 0 Å². The minimum atomic E-state index is -0.0539. The van der Waals surface area contributed by atoms with Gasteiger partial charge in [0.2, 0.25) is 0 Å². The van der Waals surface area contributed by atoms with Crippen molar-refractivity contribution in [2.75, 3.05) is 0 Å². The highest BCUT2D eigenvalue weighted by atomic mass is 32.2. The van der Waals surface area contributed by atoms with Gasteiger partial charge in [-0.3, -0.25) is 4.99 Å². The zero-order valence-corrected chi connectivity index (χ0v) is 9.89. The molecule has 1 atom stereocenters. The largest absolute Gasteiger partial charge is 0.410 e. The van der Waals surface area contributed by atoms with Crippen molar-refractivity contribution in [2.24, 2.45) is 10.1 Å². The van der Waals surface area contributed by atoms with Crippen LogP contribution in [0, 0.1) is 0 Å². The molecule has 1 rings (SSSR count). The molecule has 0 radical (unpaired) electrons. The lowest BCUT2D eigenvalue weighted by Crippen LogP contribution is -2.18. The number of unbranched alkanes of at least 4 members (excludes halogenated alkanes) is 1. The van der Waals surface area contributed by atoms with E-state index in [1.54, 1.807) is 11.8 Å². The third kappa shape index (κ3) is 2.29. The first-order valence-corrected chi connectivity index (χ1v) is 5.97. The Bertz CT molecular complexity index is 263. The summed E-state index contributed by atoms with van der Waals surface area (Å²) in [6, 6.07) is 0. The van der Waals surface area contributed by atoms with E-state index in [0.717, 1.165) is 18.6 Å². The average Bonchev–Trinajstić information content (AvgIpc) is 2.53. The SMILES string of the molecule is CCCCC1(CC)N=C(C)/C(=N/O)S1. The number of hydrogen-bond donors (Lipinski definition) is 1. The molecule has 0 aromatic rings. The van der Waals surface area contributed by atoms with Gasteiger partial charge in [0.25, 0.3) is 0 Å². The first kappa shape index (κ1) is 11.6. The maximum absolute atomic E-state index is 8.78. The Kier molecular flexibility index (Phi) is 3.98. The average molecular weight is 214 g/mol. The molecule has 0 aromatic carbocycles. The summed E-state index contributed by atoms with van der Waals surface area (Å²) in [7, 11) is 0. The van der Waals surface area contributed by atoms with Crippen LogP contribution in [0.25, 0.3) is 0 Å². The number of rotatable bonds is 4. The summed E-state index contributed by atoms with van der Waals surface area (Å²) in [6.07, 6.45) is 4.42. The van der Waals surface area contributed by atoms with E-state index in [1.165, 1.54) is 12.8 Å². The smallest absolute Gasteiger partial charge is 0.158 e. The molecule has 14 heavy (non-hydrogen) atoms. The molecule has 0 aliphatic carbocycles. The van der Waals surface area contributed by atoms with E-state index in [-0.39, 0.29) is 4.87 Å². The van der Waals surface area contributed by atoms with Crippen molar-refractivity contribution < 1.29 is 5.21 Å². The van der Waals surface area contributed by atoms with Gasteiger partial charge in [-0.2, -0.15) is 0 Å². The van der Waals surface area contributed by atoms with E-state index in [9.17, 15) is 0 Å². The number of hydrogen-bond acceptors (Lipinski definition) is 4. The van der Waals surface area contributed by atoms with Crippen LogP contribution < -0.4 is 0 Å². The molecule has 0 spiro atoms. The highest BCUT2D eigenvalue weighted by Gasteiger charge is 2.36. The summed E-state index contributed by atoms with van der Waals surface area (Å²) in [5.74, 6) is 0. The quantitative estimate of drug-likeness (QED) is 0.576. The van der Waals surface area contributed by atoms with Gasteiger partial charge < -0.3 is 5.21 Å². The molecule has 4 heteroatoms. The van der Waals surface area contributed by atoms with Crippen molar-refractivity contribution in [3.63, 3.8) is 0 Å². The first-order valence-electron chi connectivity index (χ1n) is 5.15. The van der Waals surface area contributed by atoms with E-state index in [2.05, 4.69) is 24.0 Å². The molecule has 0 saturated carbocycles. The minimum Gasteiger partial charge on any atom is -0.410 e. The second kappa shape index (κ2) is 4.82. The molecule has 0 amide bonds. The molecule has 0 fully saturated rings. The van der Waals surface area contributed by atoms with Crippen molar-refractivity contribution in [2.45, 2.75) is 51.3 Å². The lowest BCUT2D eigenvalue weighted by atomic mass is 10.1. The van der Waals surface area contributed by atoms with Crippen LogP contribution in [0.2, 0.25) is 0 Å². The Labute approximate surface area is 89.7 Å². The molecule has 0 aromatic heterocycles. The van der Waals surface area contributed by atoms with Gasteiger partial charge in [-0.05, 0) is 19.8 Å². The molecule has 1 unspecified atom stereocenters. The zero-order chi connectivity index (χ0) is 10.6. The van der Waals surface area contributed by atoms with Gasteiger partial charge in [0, 0.05) is 0 Å². The normalized spacial score (nSPS) is 29.6. The number of nitrogens with zero attached hydrogens (tertiary/aromatic N) is 2.